The Kier molecular flexibility index (Phi) is 8.59. The van der Waals surface area contributed by atoms with Crippen LogP contribution in [0.3, 0.4) is 0 Å². The van der Waals surface area contributed by atoms with Gasteiger partial charge in [0.1, 0.15) is 11.4 Å². The average molecular weight is 545 g/mol. The van der Waals surface area contributed by atoms with Crippen molar-refractivity contribution in [2.24, 2.45) is 5.73 Å². The number of amides is 2. The third-order valence-corrected chi connectivity index (χ3v) is 5.95. The van der Waals surface area contributed by atoms with Crippen LogP contribution in [0.15, 0.2) is 48.7 Å². The van der Waals surface area contributed by atoms with Crippen molar-refractivity contribution < 1.29 is 32.2 Å². The Labute approximate surface area is 222 Å². The molecule has 13 heteroatoms. The number of carbonyl (C=O) groups is 2. The van der Waals surface area contributed by atoms with Crippen molar-refractivity contribution >= 4 is 11.8 Å². The van der Waals surface area contributed by atoms with Crippen molar-refractivity contribution in [3.05, 3.63) is 59.9 Å². The molecule has 0 radical (unpaired) electrons. The number of likely N-dealkylation sites (tertiary alicyclic amines) is 1. The Morgan fingerprint density at radius 2 is 1.79 bits per heavy atom. The van der Waals surface area contributed by atoms with Gasteiger partial charge in [-0.05, 0) is 63.2 Å². The standard InChI is InChI=1S/C26H27F3N6O4/c1-16(25(37)31-10-13-35-11-2-3-12-35)38-22-14-20(23(30)36)33-24(34-22)17-4-7-19(8-5-17)39-21-9-6-18(15-32-21)26(27,28)29/h4-9,14-16H,2-3,10-13H2,1H3,(H2,30,36)(H,31,37)/t16-/m0/s1. The number of hydrogen-bond acceptors (Lipinski definition) is 8. The van der Waals surface area contributed by atoms with Crippen LogP contribution in [0.4, 0.5) is 13.2 Å². The number of hydrogen-bond donors (Lipinski definition) is 2. The first-order valence-electron chi connectivity index (χ1n) is 12.3. The zero-order valence-corrected chi connectivity index (χ0v) is 21.1. The lowest BCUT2D eigenvalue weighted by Gasteiger charge is -2.17. The number of aromatic nitrogens is 3. The quantitative estimate of drug-likeness (QED) is 0.397. The van der Waals surface area contributed by atoms with Crippen molar-refractivity contribution in [1.82, 2.24) is 25.2 Å². The molecule has 1 atom stereocenters. The molecule has 10 nitrogen and oxygen atoms in total. The minimum absolute atomic E-state index is 0.00901. The van der Waals surface area contributed by atoms with Gasteiger partial charge in [-0.25, -0.2) is 9.97 Å². The van der Waals surface area contributed by atoms with Gasteiger partial charge in [-0.15, -0.1) is 0 Å². The number of ether oxygens (including phenoxy) is 2. The summed E-state index contributed by atoms with van der Waals surface area (Å²) in [6, 6.07) is 9.47. The topological polar surface area (TPSA) is 133 Å². The molecule has 0 unspecified atom stereocenters. The molecule has 3 heterocycles. The van der Waals surface area contributed by atoms with Gasteiger partial charge in [-0.1, -0.05) is 0 Å². The van der Waals surface area contributed by atoms with Crippen molar-refractivity contribution in [1.29, 1.82) is 0 Å². The molecule has 2 amide bonds. The maximum absolute atomic E-state index is 12.7. The van der Waals surface area contributed by atoms with E-state index in [0.717, 1.165) is 44.6 Å². The number of nitrogens with one attached hydrogen (secondary N) is 1. The van der Waals surface area contributed by atoms with E-state index in [9.17, 15) is 22.8 Å². The molecule has 0 saturated carbocycles. The Morgan fingerprint density at radius 1 is 1.08 bits per heavy atom. The molecule has 1 aliphatic heterocycles. The Morgan fingerprint density at radius 3 is 2.41 bits per heavy atom. The summed E-state index contributed by atoms with van der Waals surface area (Å²) in [6.45, 7) is 4.88. The average Bonchev–Trinajstić information content (AvgIpc) is 3.42. The monoisotopic (exact) mass is 544 g/mol. The Balaban J connectivity index is 1.42. The van der Waals surface area contributed by atoms with Gasteiger partial charge in [0.2, 0.25) is 11.8 Å². The fourth-order valence-electron chi connectivity index (χ4n) is 3.86. The smallest absolute Gasteiger partial charge is 0.417 e. The maximum Gasteiger partial charge on any atom is 0.417 e. The van der Waals surface area contributed by atoms with Crippen LogP contribution in [0.1, 0.15) is 35.8 Å². The van der Waals surface area contributed by atoms with E-state index in [4.69, 9.17) is 15.2 Å². The first-order chi connectivity index (χ1) is 18.6. The van der Waals surface area contributed by atoms with Crippen LogP contribution in [0.2, 0.25) is 0 Å². The molecule has 39 heavy (non-hydrogen) atoms. The van der Waals surface area contributed by atoms with E-state index in [2.05, 4.69) is 25.2 Å². The summed E-state index contributed by atoms with van der Waals surface area (Å²) in [5.41, 5.74) is 4.91. The summed E-state index contributed by atoms with van der Waals surface area (Å²) in [4.78, 5) is 38.8. The zero-order chi connectivity index (χ0) is 28.0. The van der Waals surface area contributed by atoms with Gasteiger partial charge in [-0.3, -0.25) is 9.59 Å². The van der Waals surface area contributed by atoms with Crippen LogP contribution in [0, 0.1) is 0 Å². The van der Waals surface area contributed by atoms with Crippen LogP contribution in [-0.4, -0.2) is 63.9 Å². The fourth-order valence-corrected chi connectivity index (χ4v) is 3.86. The molecule has 3 aromatic rings. The molecule has 0 spiro atoms. The molecule has 2 aromatic heterocycles. The normalized spacial score (nSPS) is 14.6. The summed E-state index contributed by atoms with van der Waals surface area (Å²) in [6.07, 6.45) is -2.37. The molecule has 1 saturated heterocycles. The molecule has 4 rings (SSSR count). The van der Waals surface area contributed by atoms with Crippen LogP contribution in [0.25, 0.3) is 11.4 Å². The van der Waals surface area contributed by atoms with E-state index in [1.165, 1.54) is 18.2 Å². The summed E-state index contributed by atoms with van der Waals surface area (Å²) < 4.78 is 49.3. The molecule has 1 aliphatic rings. The second-order valence-corrected chi connectivity index (χ2v) is 8.89. The summed E-state index contributed by atoms with van der Waals surface area (Å²) in [5.74, 6) is -0.751. The van der Waals surface area contributed by atoms with Gasteiger partial charge >= 0.3 is 6.18 Å². The number of nitrogens with zero attached hydrogens (tertiary/aromatic N) is 4. The SMILES string of the molecule is C[C@H](Oc1cc(C(N)=O)nc(-c2ccc(Oc3ccc(C(F)(F)F)cn3)cc2)n1)C(=O)NCCN1CCCC1. The molecule has 0 aliphatic carbocycles. The zero-order valence-electron chi connectivity index (χ0n) is 21.1. The lowest BCUT2D eigenvalue weighted by Crippen LogP contribution is -2.40. The van der Waals surface area contributed by atoms with Gasteiger partial charge in [0, 0.05) is 37.0 Å². The highest BCUT2D eigenvalue weighted by molar-refractivity contribution is 5.91. The number of alkyl halides is 3. The van der Waals surface area contributed by atoms with E-state index in [-0.39, 0.29) is 29.2 Å². The van der Waals surface area contributed by atoms with Crippen molar-refractivity contribution in [2.45, 2.75) is 32.0 Å². The first kappa shape index (κ1) is 27.8. The first-order valence-corrected chi connectivity index (χ1v) is 12.3. The highest BCUT2D eigenvalue weighted by Crippen LogP contribution is 2.30. The summed E-state index contributed by atoms with van der Waals surface area (Å²) in [7, 11) is 0. The Bertz CT molecular complexity index is 1300. The number of pyridine rings is 1. The van der Waals surface area contributed by atoms with E-state index >= 15 is 0 Å². The summed E-state index contributed by atoms with van der Waals surface area (Å²) in [5, 5.41) is 2.83. The predicted molar refractivity (Wildman–Crippen MR) is 134 cm³/mol. The molecule has 206 valence electrons. The second-order valence-electron chi connectivity index (χ2n) is 8.89. The van der Waals surface area contributed by atoms with Crippen molar-refractivity contribution in [2.75, 3.05) is 26.2 Å². The van der Waals surface area contributed by atoms with Gasteiger partial charge < -0.3 is 25.4 Å². The van der Waals surface area contributed by atoms with E-state index in [0.29, 0.717) is 24.1 Å². The molecule has 0 bridgehead atoms. The molecule has 1 aromatic carbocycles. The lowest BCUT2D eigenvalue weighted by molar-refractivity contribution is -0.137. The Hall–Kier alpha value is -4.26. The number of primary amides is 1. The molecule has 3 N–H and O–H groups in total. The number of benzene rings is 1. The third kappa shape index (κ3) is 7.63. The number of rotatable bonds is 10. The molecular formula is C26H27F3N6O4. The van der Waals surface area contributed by atoms with E-state index in [1.54, 1.807) is 19.1 Å². The highest BCUT2D eigenvalue weighted by atomic mass is 19.4. The molecular weight excluding hydrogens is 517 g/mol. The lowest BCUT2D eigenvalue weighted by atomic mass is 10.2. The van der Waals surface area contributed by atoms with Crippen LogP contribution in [0.5, 0.6) is 17.5 Å². The maximum atomic E-state index is 12.7. The van der Waals surface area contributed by atoms with Gasteiger partial charge in [0.15, 0.2) is 11.9 Å². The minimum atomic E-state index is -4.50. The third-order valence-electron chi connectivity index (χ3n) is 5.95. The van der Waals surface area contributed by atoms with Crippen LogP contribution in [-0.2, 0) is 11.0 Å². The minimum Gasteiger partial charge on any atom is -0.464 e. The van der Waals surface area contributed by atoms with Crippen molar-refractivity contribution in [3.8, 4) is 28.9 Å². The number of carbonyl (C=O) groups excluding carboxylic acids is 2. The largest absolute Gasteiger partial charge is 0.464 e. The van der Waals surface area contributed by atoms with Crippen LogP contribution >= 0.6 is 0 Å². The fraction of sp³-hybridized carbons (Fsp3) is 0.346. The highest BCUT2D eigenvalue weighted by Gasteiger charge is 2.30. The van der Waals surface area contributed by atoms with E-state index < -0.39 is 23.8 Å². The molecule has 1 fully saturated rings. The number of halogens is 3. The van der Waals surface area contributed by atoms with Gasteiger partial charge in [0.05, 0.1) is 5.56 Å². The van der Waals surface area contributed by atoms with E-state index in [1.807, 2.05) is 0 Å². The van der Waals surface area contributed by atoms with Crippen molar-refractivity contribution in [3.63, 3.8) is 0 Å². The second kappa shape index (κ2) is 12.1. The van der Waals surface area contributed by atoms with Crippen LogP contribution < -0.4 is 20.5 Å². The predicted octanol–water partition coefficient (Wildman–Crippen LogP) is 3.43. The summed E-state index contributed by atoms with van der Waals surface area (Å²) >= 11 is 0. The van der Waals surface area contributed by atoms with Gasteiger partial charge in [-0.2, -0.15) is 18.2 Å². The number of nitrogens with two attached hydrogens (primary N) is 1. The van der Waals surface area contributed by atoms with Gasteiger partial charge in [0.25, 0.3) is 11.8 Å².